The van der Waals surface area contributed by atoms with Crippen LogP contribution in [0.3, 0.4) is 0 Å². The summed E-state index contributed by atoms with van der Waals surface area (Å²) in [6.45, 7) is 3.22. The van der Waals surface area contributed by atoms with Crippen molar-refractivity contribution in [3.63, 3.8) is 0 Å². The van der Waals surface area contributed by atoms with Crippen LogP contribution in [-0.2, 0) is 10.4 Å². The first-order valence-electron chi connectivity index (χ1n) is 9.01. The number of nitrogens with zero attached hydrogens (tertiary/aromatic N) is 3. The van der Waals surface area contributed by atoms with Gasteiger partial charge in [-0.1, -0.05) is 6.42 Å². The fourth-order valence-electron chi connectivity index (χ4n) is 3.31. The maximum atomic E-state index is 14.3. The van der Waals surface area contributed by atoms with Gasteiger partial charge in [-0.2, -0.15) is 0 Å². The molecular formula is C19H24FN5O2. The zero-order valence-electron chi connectivity index (χ0n) is 15.4. The summed E-state index contributed by atoms with van der Waals surface area (Å²) in [7, 11) is 0. The second-order valence-corrected chi connectivity index (χ2v) is 7.49. The highest BCUT2D eigenvalue weighted by Crippen LogP contribution is 2.28. The molecule has 8 heteroatoms. The molecule has 144 valence electrons. The SMILES string of the molecule is CC(C)(O)c1cc(-c2nc(N[C@@H]3CCC[C@H](C(N)=O)C3)ncc2F)ccn1. The molecular weight excluding hydrogens is 349 g/mol. The Balaban J connectivity index is 1.84. The molecule has 3 rings (SSSR count). The Hall–Kier alpha value is -2.61. The minimum Gasteiger partial charge on any atom is -0.384 e. The molecule has 0 bridgehead atoms. The number of hydrogen-bond donors (Lipinski definition) is 3. The van der Waals surface area contributed by atoms with Crippen LogP contribution in [0.15, 0.2) is 24.5 Å². The average Bonchev–Trinajstić information content (AvgIpc) is 2.63. The van der Waals surface area contributed by atoms with Gasteiger partial charge in [0.05, 0.1) is 11.9 Å². The van der Waals surface area contributed by atoms with Gasteiger partial charge in [0, 0.05) is 23.7 Å². The van der Waals surface area contributed by atoms with E-state index in [1.807, 2.05) is 0 Å². The number of pyridine rings is 1. The molecule has 0 saturated heterocycles. The van der Waals surface area contributed by atoms with Crippen molar-refractivity contribution in [2.75, 3.05) is 5.32 Å². The van der Waals surface area contributed by atoms with Gasteiger partial charge in [-0.15, -0.1) is 0 Å². The minimum absolute atomic E-state index is 0.0129. The Morgan fingerprint density at radius 3 is 2.85 bits per heavy atom. The van der Waals surface area contributed by atoms with Crippen molar-refractivity contribution in [1.29, 1.82) is 0 Å². The fourth-order valence-corrected chi connectivity index (χ4v) is 3.31. The molecule has 27 heavy (non-hydrogen) atoms. The van der Waals surface area contributed by atoms with E-state index in [1.165, 1.54) is 6.20 Å². The van der Waals surface area contributed by atoms with Crippen LogP contribution >= 0.6 is 0 Å². The maximum Gasteiger partial charge on any atom is 0.223 e. The summed E-state index contributed by atoms with van der Waals surface area (Å²) >= 11 is 0. The Labute approximate surface area is 157 Å². The predicted molar refractivity (Wildman–Crippen MR) is 99.0 cm³/mol. The molecule has 2 aromatic heterocycles. The summed E-state index contributed by atoms with van der Waals surface area (Å²) in [4.78, 5) is 23.9. The Morgan fingerprint density at radius 2 is 2.15 bits per heavy atom. The molecule has 4 N–H and O–H groups in total. The van der Waals surface area contributed by atoms with Crippen LogP contribution in [0.1, 0.15) is 45.2 Å². The lowest BCUT2D eigenvalue weighted by atomic mass is 9.85. The van der Waals surface area contributed by atoms with E-state index in [4.69, 9.17) is 5.73 Å². The largest absolute Gasteiger partial charge is 0.384 e. The number of aliphatic hydroxyl groups is 1. The van der Waals surface area contributed by atoms with Gasteiger partial charge in [-0.3, -0.25) is 9.78 Å². The summed E-state index contributed by atoms with van der Waals surface area (Å²) in [6.07, 6.45) is 5.79. The lowest BCUT2D eigenvalue weighted by molar-refractivity contribution is -0.122. The molecule has 1 amide bonds. The van der Waals surface area contributed by atoms with Gasteiger partial charge in [0.25, 0.3) is 0 Å². The van der Waals surface area contributed by atoms with E-state index in [0.717, 1.165) is 25.5 Å². The van der Waals surface area contributed by atoms with E-state index in [9.17, 15) is 14.3 Å². The number of halogens is 1. The molecule has 2 heterocycles. The minimum atomic E-state index is -1.15. The molecule has 1 saturated carbocycles. The summed E-state index contributed by atoms with van der Waals surface area (Å²) < 4.78 is 14.3. The first-order chi connectivity index (χ1) is 12.7. The molecule has 1 fully saturated rings. The van der Waals surface area contributed by atoms with Gasteiger partial charge in [-0.05, 0) is 45.2 Å². The van der Waals surface area contributed by atoms with Crippen LogP contribution in [0.2, 0.25) is 0 Å². The number of rotatable bonds is 5. The molecule has 1 aliphatic rings. The first-order valence-corrected chi connectivity index (χ1v) is 9.01. The van der Waals surface area contributed by atoms with Gasteiger partial charge in [0.1, 0.15) is 11.3 Å². The van der Waals surface area contributed by atoms with Crippen molar-refractivity contribution < 1.29 is 14.3 Å². The number of aromatic nitrogens is 3. The van der Waals surface area contributed by atoms with E-state index in [1.54, 1.807) is 26.0 Å². The second-order valence-electron chi connectivity index (χ2n) is 7.49. The van der Waals surface area contributed by atoms with E-state index in [0.29, 0.717) is 23.6 Å². The van der Waals surface area contributed by atoms with Gasteiger partial charge in [0.15, 0.2) is 5.82 Å². The third kappa shape index (κ3) is 4.57. The van der Waals surface area contributed by atoms with Crippen LogP contribution in [0, 0.1) is 11.7 Å². The highest BCUT2D eigenvalue weighted by Gasteiger charge is 2.26. The maximum absolute atomic E-state index is 14.3. The number of carbonyl (C=O) groups excluding carboxylic acids is 1. The summed E-state index contributed by atoms with van der Waals surface area (Å²) in [6, 6.07) is 3.26. The number of nitrogens with two attached hydrogens (primary N) is 1. The van der Waals surface area contributed by atoms with Crippen molar-refractivity contribution >= 4 is 11.9 Å². The van der Waals surface area contributed by atoms with Crippen molar-refractivity contribution in [3.05, 3.63) is 36.0 Å². The number of carbonyl (C=O) groups is 1. The topological polar surface area (TPSA) is 114 Å². The number of hydrogen-bond acceptors (Lipinski definition) is 6. The summed E-state index contributed by atoms with van der Waals surface area (Å²) in [5.41, 5.74) is 5.32. The first kappa shape index (κ1) is 19.2. The standard InChI is InChI=1S/C19H24FN5O2/c1-19(2,27)15-9-11(6-7-22-15)16-14(20)10-23-18(25-16)24-13-5-3-4-12(8-13)17(21)26/h6-7,9-10,12-13,27H,3-5,8H2,1-2H3,(H2,21,26)(H,23,24,25)/t12-,13+/m0/s1. The van der Waals surface area contributed by atoms with Gasteiger partial charge in [0.2, 0.25) is 11.9 Å². The molecule has 2 aromatic rings. The van der Waals surface area contributed by atoms with E-state index >= 15 is 0 Å². The normalized spacial score (nSPS) is 20.3. The highest BCUT2D eigenvalue weighted by molar-refractivity contribution is 5.76. The lowest BCUT2D eigenvalue weighted by Gasteiger charge is -2.28. The quantitative estimate of drug-likeness (QED) is 0.741. The third-order valence-corrected chi connectivity index (χ3v) is 4.81. The number of nitrogens with one attached hydrogen (secondary N) is 1. The molecule has 0 radical (unpaired) electrons. The number of amides is 1. The van der Waals surface area contributed by atoms with Crippen molar-refractivity contribution in [2.24, 2.45) is 11.7 Å². The van der Waals surface area contributed by atoms with Crippen LogP contribution in [0.5, 0.6) is 0 Å². The smallest absolute Gasteiger partial charge is 0.223 e. The fraction of sp³-hybridized carbons (Fsp3) is 0.474. The Bertz CT molecular complexity index is 837. The molecule has 0 aliphatic heterocycles. The second kappa shape index (κ2) is 7.56. The Morgan fingerprint density at radius 1 is 1.37 bits per heavy atom. The zero-order valence-corrected chi connectivity index (χ0v) is 15.4. The van der Waals surface area contributed by atoms with Gasteiger partial charge >= 0.3 is 0 Å². The van der Waals surface area contributed by atoms with E-state index < -0.39 is 11.4 Å². The number of primary amides is 1. The molecule has 2 atom stereocenters. The molecule has 0 aromatic carbocycles. The van der Waals surface area contributed by atoms with Crippen molar-refractivity contribution in [1.82, 2.24) is 15.0 Å². The molecule has 0 unspecified atom stereocenters. The lowest BCUT2D eigenvalue weighted by Crippen LogP contribution is -2.34. The van der Waals surface area contributed by atoms with E-state index in [-0.39, 0.29) is 23.6 Å². The molecule has 1 aliphatic carbocycles. The number of anilines is 1. The van der Waals surface area contributed by atoms with Gasteiger partial charge in [-0.25, -0.2) is 14.4 Å². The van der Waals surface area contributed by atoms with Crippen LogP contribution in [0.4, 0.5) is 10.3 Å². The predicted octanol–water partition coefficient (Wildman–Crippen LogP) is 2.36. The van der Waals surface area contributed by atoms with Crippen LogP contribution in [0.25, 0.3) is 11.3 Å². The van der Waals surface area contributed by atoms with Crippen molar-refractivity contribution in [3.8, 4) is 11.3 Å². The summed E-state index contributed by atoms with van der Waals surface area (Å²) in [5, 5.41) is 13.3. The zero-order chi connectivity index (χ0) is 19.6. The molecule has 7 nitrogen and oxygen atoms in total. The van der Waals surface area contributed by atoms with Crippen LogP contribution < -0.4 is 11.1 Å². The van der Waals surface area contributed by atoms with Gasteiger partial charge < -0.3 is 16.2 Å². The third-order valence-electron chi connectivity index (χ3n) is 4.81. The molecule has 0 spiro atoms. The summed E-state index contributed by atoms with van der Waals surface area (Å²) in [5.74, 6) is -0.723. The monoisotopic (exact) mass is 373 g/mol. The van der Waals surface area contributed by atoms with E-state index in [2.05, 4.69) is 20.3 Å². The van der Waals surface area contributed by atoms with Crippen molar-refractivity contribution in [2.45, 2.75) is 51.2 Å². The average molecular weight is 373 g/mol. The highest BCUT2D eigenvalue weighted by atomic mass is 19.1. The van der Waals surface area contributed by atoms with Crippen LogP contribution in [-0.4, -0.2) is 32.0 Å². The Kier molecular flexibility index (Phi) is 5.36.